The predicted molar refractivity (Wildman–Crippen MR) is 69.0 cm³/mol. The number of nitrogens with zero attached hydrogens (tertiary/aromatic N) is 3. The molecule has 0 aliphatic heterocycles. The number of aromatic nitrogens is 3. The molecule has 2 aromatic rings. The van der Waals surface area contributed by atoms with E-state index >= 15 is 0 Å². The number of rotatable bonds is 3. The summed E-state index contributed by atoms with van der Waals surface area (Å²) in [4.78, 5) is 15.4. The summed E-state index contributed by atoms with van der Waals surface area (Å²) in [5.41, 5.74) is 0.482. The Bertz CT molecular complexity index is 659. The van der Waals surface area contributed by atoms with Crippen LogP contribution in [0.4, 0.5) is 10.1 Å². The Morgan fingerprint density at radius 2 is 2.35 bits per heavy atom. The number of carbonyl (C=O) groups is 1. The van der Waals surface area contributed by atoms with Crippen LogP contribution in [-0.4, -0.2) is 32.4 Å². The van der Waals surface area contributed by atoms with Gasteiger partial charge in [-0.1, -0.05) is 11.8 Å². The van der Waals surface area contributed by atoms with Crippen molar-refractivity contribution in [3.05, 3.63) is 42.2 Å². The molecule has 0 spiro atoms. The number of aliphatic hydroxyl groups excluding tert-OH is 1. The molecule has 2 rings (SSSR count). The van der Waals surface area contributed by atoms with Gasteiger partial charge >= 0.3 is 0 Å². The Hall–Kier alpha value is -2.72. The van der Waals surface area contributed by atoms with Gasteiger partial charge in [0.05, 0.1) is 5.69 Å². The first-order chi connectivity index (χ1) is 9.69. The van der Waals surface area contributed by atoms with Gasteiger partial charge in [-0.25, -0.2) is 14.1 Å². The highest BCUT2D eigenvalue weighted by Gasteiger charge is 2.08. The van der Waals surface area contributed by atoms with Crippen molar-refractivity contribution in [3.63, 3.8) is 0 Å². The zero-order valence-electron chi connectivity index (χ0n) is 10.4. The smallest absolute Gasteiger partial charge is 0.246 e. The number of aliphatic hydroxyl groups is 1. The Balaban J connectivity index is 2.04. The van der Waals surface area contributed by atoms with Gasteiger partial charge in [-0.05, 0) is 18.2 Å². The Kier molecular flexibility index (Phi) is 4.42. The fraction of sp³-hybridized carbons (Fsp3) is 0.154. The maximum Gasteiger partial charge on any atom is 0.246 e. The van der Waals surface area contributed by atoms with Gasteiger partial charge < -0.3 is 10.4 Å². The van der Waals surface area contributed by atoms with Gasteiger partial charge in [-0.3, -0.25) is 4.79 Å². The summed E-state index contributed by atoms with van der Waals surface area (Å²) in [5.74, 6) is 3.98. The minimum Gasteiger partial charge on any atom is -0.384 e. The molecule has 1 aromatic carbocycles. The van der Waals surface area contributed by atoms with Crippen LogP contribution in [-0.2, 0) is 11.3 Å². The monoisotopic (exact) mass is 274 g/mol. The third-order valence-electron chi connectivity index (χ3n) is 2.33. The summed E-state index contributed by atoms with van der Waals surface area (Å²) in [6.45, 7) is -0.344. The molecule has 0 aliphatic carbocycles. The first-order valence-corrected chi connectivity index (χ1v) is 5.70. The standard InChI is InChI=1S/C13H11FN4O2/c14-11-6-10(2-1-5-19)3-4-12(11)17-13(20)7-18-9-15-8-16-18/h3-4,6,8-9,19H,5,7H2,(H,17,20). The highest BCUT2D eigenvalue weighted by Crippen LogP contribution is 2.15. The minimum atomic E-state index is -0.596. The molecular formula is C13H11FN4O2. The first kappa shape index (κ1) is 13.7. The molecule has 102 valence electrons. The molecule has 0 unspecified atom stereocenters. The Morgan fingerprint density at radius 3 is 3.00 bits per heavy atom. The number of hydrogen-bond acceptors (Lipinski definition) is 4. The third-order valence-corrected chi connectivity index (χ3v) is 2.33. The molecule has 0 atom stereocenters. The summed E-state index contributed by atoms with van der Waals surface area (Å²) in [6, 6.07) is 4.15. The number of halogens is 1. The lowest BCUT2D eigenvalue weighted by Gasteiger charge is -2.06. The zero-order valence-corrected chi connectivity index (χ0v) is 10.4. The highest BCUT2D eigenvalue weighted by atomic mass is 19.1. The van der Waals surface area contributed by atoms with E-state index < -0.39 is 11.7 Å². The van der Waals surface area contributed by atoms with Crippen LogP contribution in [0.15, 0.2) is 30.9 Å². The number of carbonyl (C=O) groups excluding carboxylic acids is 1. The normalized spacial score (nSPS) is 9.70. The second-order valence-corrected chi connectivity index (χ2v) is 3.80. The van der Waals surface area contributed by atoms with Gasteiger partial charge in [-0.15, -0.1) is 0 Å². The summed E-state index contributed by atoms with van der Waals surface area (Å²) in [6.07, 6.45) is 2.70. The molecule has 0 radical (unpaired) electrons. The van der Waals surface area contributed by atoms with Gasteiger partial charge in [0, 0.05) is 5.56 Å². The maximum atomic E-state index is 13.7. The lowest BCUT2D eigenvalue weighted by atomic mass is 10.2. The molecule has 1 amide bonds. The van der Waals surface area contributed by atoms with Crippen LogP contribution in [0, 0.1) is 17.7 Å². The van der Waals surface area contributed by atoms with Crippen molar-refractivity contribution in [1.29, 1.82) is 0 Å². The number of hydrogen-bond donors (Lipinski definition) is 2. The highest BCUT2D eigenvalue weighted by molar-refractivity contribution is 5.90. The Labute approximate surface area is 114 Å². The fourth-order valence-electron chi connectivity index (χ4n) is 1.49. The summed E-state index contributed by atoms with van der Waals surface area (Å²) in [7, 11) is 0. The number of benzene rings is 1. The summed E-state index contributed by atoms with van der Waals surface area (Å²) >= 11 is 0. The van der Waals surface area contributed by atoms with Crippen molar-refractivity contribution in [1.82, 2.24) is 14.8 Å². The van der Waals surface area contributed by atoms with E-state index in [1.165, 1.54) is 29.5 Å². The molecule has 0 aliphatic rings. The van der Waals surface area contributed by atoms with Crippen molar-refractivity contribution in [3.8, 4) is 11.8 Å². The van der Waals surface area contributed by atoms with Crippen LogP contribution in [0.3, 0.4) is 0 Å². The molecular weight excluding hydrogens is 263 g/mol. The van der Waals surface area contributed by atoms with E-state index in [1.54, 1.807) is 6.07 Å². The maximum absolute atomic E-state index is 13.7. The SMILES string of the molecule is O=C(Cn1cncn1)Nc1ccc(C#CCO)cc1F. The van der Waals surface area contributed by atoms with E-state index in [2.05, 4.69) is 27.2 Å². The molecule has 1 aromatic heterocycles. The van der Waals surface area contributed by atoms with Gasteiger partial charge in [0.25, 0.3) is 0 Å². The average molecular weight is 274 g/mol. The molecule has 0 saturated heterocycles. The minimum absolute atomic E-state index is 0.0501. The van der Waals surface area contributed by atoms with Crippen molar-refractivity contribution in [2.24, 2.45) is 0 Å². The van der Waals surface area contributed by atoms with E-state index in [4.69, 9.17) is 5.11 Å². The average Bonchev–Trinajstić information content (AvgIpc) is 2.92. The van der Waals surface area contributed by atoms with E-state index in [0.29, 0.717) is 5.56 Å². The second-order valence-electron chi connectivity index (χ2n) is 3.80. The van der Waals surface area contributed by atoms with Crippen LogP contribution in [0.1, 0.15) is 5.56 Å². The van der Waals surface area contributed by atoms with Crippen LogP contribution in [0.2, 0.25) is 0 Å². The van der Waals surface area contributed by atoms with Crippen molar-refractivity contribution >= 4 is 11.6 Å². The van der Waals surface area contributed by atoms with Crippen LogP contribution in [0.5, 0.6) is 0 Å². The van der Waals surface area contributed by atoms with E-state index in [-0.39, 0.29) is 18.8 Å². The molecule has 7 heteroatoms. The summed E-state index contributed by atoms with van der Waals surface area (Å²) < 4.78 is 15.1. The molecule has 6 nitrogen and oxygen atoms in total. The van der Waals surface area contributed by atoms with E-state index in [1.807, 2.05) is 0 Å². The van der Waals surface area contributed by atoms with Gasteiger partial charge in [0.15, 0.2) is 0 Å². The van der Waals surface area contributed by atoms with Gasteiger partial charge in [0.2, 0.25) is 5.91 Å². The lowest BCUT2D eigenvalue weighted by molar-refractivity contribution is -0.116. The van der Waals surface area contributed by atoms with Gasteiger partial charge in [0.1, 0.15) is 31.6 Å². The largest absolute Gasteiger partial charge is 0.384 e. The van der Waals surface area contributed by atoms with Crippen LogP contribution >= 0.6 is 0 Å². The number of nitrogens with one attached hydrogen (secondary N) is 1. The molecule has 2 N–H and O–H groups in total. The number of anilines is 1. The lowest BCUT2D eigenvalue weighted by Crippen LogP contribution is -2.19. The van der Waals surface area contributed by atoms with Crippen molar-refractivity contribution in [2.45, 2.75) is 6.54 Å². The van der Waals surface area contributed by atoms with Crippen molar-refractivity contribution in [2.75, 3.05) is 11.9 Å². The summed E-state index contributed by atoms with van der Waals surface area (Å²) in [5, 5.41) is 14.8. The molecule has 20 heavy (non-hydrogen) atoms. The predicted octanol–water partition coefficient (Wildman–Crippen LogP) is 0.400. The van der Waals surface area contributed by atoms with Crippen LogP contribution < -0.4 is 5.32 Å². The van der Waals surface area contributed by atoms with Crippen LogP contribution in [0.25, 0.3) is 0 Å². The topological polar surface area (TPSA) is 80.0 Å². The second kappa shape index (κ2) is 6.45. The quantitative estimate of drug-likeness (QED) is 0.794. The molecule has 1 heterocycles. The molecule has 0 fully saturated rings. The molecule has 0 saturated carbocycles. The third kappa shape index (κ3) is 3.63. The van der Waals surface area contributed by atoms with E-state index in [0.717, 1.165) is 0 Å². The zero-order chi connectivity index (χ0) is 14.4. The first-order valence-electron chi connectivity index (χ1n) is 5.70. The van der Waals surface area contributed by atoms with Crippen molar-refractivity contribution < 1.29 is 14.3 Å². The molecule has 0 bridgehead atoms. The fourth-order valence-corrected chi connectivity index (χ4v) is 1.49. The van der Waals surface area contributed by atoms with Gasteiger partial charge in [-0.2, -0.15) is 5.10 Å². The van der Waals surface area contributed by atoms with E-state index in [9.17, 15) is 9.18 Å². The number of amides is 1. The Morgan fingerprint density at radius 1 is 1.50 bits per heavy atom.